The van der Waals surface area contributed by atoms with Crippen LogP contribution in [0.15, 0.2) is 24.3 Å². The predicted octanol–water partition coefficient (Wildman–Crippen LogP) is 2.58. The minimum absolute atomic E-state index is 0.0795. The van der Waals surface area contributed by atoms with Crippen LogP contribution >= 0.6 is 0 Å². The summed E-state index contributed by atoms with van der Waals surface area (Å²) in [4.78, 5) is 12.1. The predicted molar refractivity (Wildman–Crippen MR) is 77.1 cm³/mol. The maximum atomic E-state index is 12.1. The molecule has 3 rings (SSSR count). The molecule has 1 saturated carbocycles. The Balaban J connectivity index is 1.45. The van der Waals surface area contributed by atoms with Crippen molar-refractivity contribution < 1.29 is 4.79 Å². The largest absolute Gasteiger partial charge is 0.384 e. The number of fused-ring (bicyclic) bond motifs is 1. The molecule has 3 nitrogen and oxygen atoms in total. The van der Waals surface area contributed by atoms with Crippen molar-refractivity contribution >= 4 is 11.6 Å². The van der Waals surface area contributed by atoms with Gasteiger partial charge in [-0.25, -0.2) is 0 Å². The number of carbonyl (C=O) groups excluding carboxylic acids is 1. The molecule has 1 aromatic rings. The molecule has 1 aliphatic heterocycles. The maximum Gasteiger partial charge on any atom is 0.225 e. The summed E-state index contributed by atoms with van der Waals surface area (Å²) in [5, 5.41) is 6.44. The fourth-order valence-corrected chi connectivity index (χ4v) is 2.78. The second-order valence-corrected chi connectivity index (χ2v) is 5.82. The molecule has 2 aliphatic rings. The first-order chi connectivity index (χ1) is 9.33. The summed E-state index contributed by atoms with van der Waals surface area (Å²) in [7, 11) is 0. The Morgan fingerprint density at radius 1 is 1.32 bits per heavy atom. The molecule has 0 saturated heterocycles. The van der Waals surface area contributed by atoms with Crippen LogP contribution in [0.2, 0.25) is 0 Å². The number of amides is 1. The van der Waals surface area contributed by atoms with E-state index in [4.69, 9.17) is 0 Å². The summed E-state index contributed by atoms with van der Waals surface area (Å²) in [6, 6.07) is 8.26. The van der Waals surface area contributed by atoms with Crippen LogP contribution in [0.3, 0.4) is 0 Å². The minimum atomic E-state index is 0.0795. The van der Waals surface area contributed by atoms with E-state index in [0.717, 1.165) is 31.8 Å². The lowest BCUT2D eigenvalue weighted by molar-refractivity contribution is -0.124. The number of rotatable bonds is 5. The normalized spacial score (nSPS) is 21.4. The van der Waals surface area contributed by atoms with E-state index in [1.807, 2.05) is 12.1 Å². The number of para-hydroxylation sites is 1. The van der Waals surface area contributed by atoms with Crippen molar-refractivity contribution in [3.8, 4) is 0 Å². The van der Waals surface area contributed by atoms with Gasteiger partial charge in [-0.15, -0.1) is 0 Å². The van der Waals surface area contributed by atoms with Crippen molar-refractivity contribution in [3.05, 3.63) is 29.8 Å². The van der Waals surface area contributed by atoms with Crippen LogP contribution in [0.4, 0.5) is 5.69 Å². The molecule has 1 heterocycles. The summed E-state index contributed by atoms with van der Waals surface area (Å²) in [6.45, 7) is 1.60. The summed E-state index contributed by atoms with van der Waals surface area (Å²) < 4.78 is 0. The van der Waals surface area contributed by atoms with E-state index in [0.29, 0.717) is 0 Å². The standard InChI is InChI=1S/C16H22N2O/c19-16(17-9-3-4-12-7-8-12)14-10-13-5-1-2-6-15(13)18-11-14/h1-2,5-6,12,14,18H,3-4,7-11H2,(H,17,19). The zero-order valence-corrected chi connectivity index (χ0v) is 11.3. The van der Waals surface area contributed by atoms with Gasteiger partial charge < -0.3 is 10.6 Å². The van der Waals surface area contributed by atoms with Gasteiger partial charge in [0.1, 0.15) is 0 Å². The van der Waals surface area contributed by atoms with Gasteiger partial charge in [0.05, 0.1) is 5.92 Å². The molecule has 1 aromatic carbocycles. The van der Waals surface area contributed by atoms with Crippen LogP contribution in [0.5, 0.6) is 0 Å². The first-order valence-electron chi connectivity index (χ1n) is 7.42. The Hall–Kier alpha value is -1.51. The third-order valence-corrected chi connectivity index (χ3v) is 4.18. The van der Waals surface area contributed by atoms with Crippen LogP contribution in [-0.4, -0.2) is 19.0 Å². The molecule has 0 bridgehead atoms. The molecule has 3 heteroatoms. The SMILES string of the molecule is O=C(NCCCC1CC1)C1CNc2ccccc2C1. The number of hydrogen-bond acceptors (Lipinski definition) is 2. The van der Waals surface area contributed by atoms with Gasteiger partial charge in [0, 0.05) is 18.8 Å². The van der Waals surface area contributed by atoms with Crippen LogP contribution in [0.1, 0.15) is 31.2 Å². The third-order valence-electron chi connectivity index (χ3n) is 4.18. The molecule has 1 atom stereocenters. The van der Waals surface area contributed by atoms with E-state index in [1.54, 1.807) is 0 Å². The van der Waals surface area contributed by atoms with Crippen molar-refractivity contribution in [2.45, 2.75) is 32.1 Å². The highest BCUT2D eigenvalue weighted by atomic mass is 16.1. The molecular formula is C16H22N2O. The molecule has 19 heavy (non-hydrogen) atoms. The van der Waals surface area contributed by atoms with Gasteiger partial charge in [0.2, 0.25) is 5.91 Å². The third kappa shape index (κ3) is 3.28. The molecule has 1 unspecified atom stereocenters. The Bertz CT molecular complexity index is 454. The van der Waals surface area contributed by atoms with Gasteiger partial charge in [0.15, 0.2) is 0 Å². The van der Waals surface area contributed by atoms with Crippen molar-refractivity contribution in [1.29, 1.82) is 0 Å². The first kappa shape index (κ1) is 12.5. The number of carbonyl (C=O) groups is 1. The van der Waals surface area contributed by atoms with E-state index in [-0.39, 0.29) is 11.8 Å². The highest BCUT2D eigenvalue weighted by molar-refractivity contribution is 5.80. The Kier molecular flexibility index (Phi) is 3.72. The molecule has 0 radical (unpaired) electrons. The summed E-state index contributed by atoms with van der Waals surface area (Å²) >= 11 is 0. The number of nitrogens with one attached hydrogen (secondary N) is 2. The van der Waals surface area contributed by atoms with E-state index >= 15 is 0 Å². The highest BCUT2D eigenvalue weighted by Gasteiger charge is 2.24. The van der Waals surface area contributed by atoms with Gasteiger partial charge in [-0.05, 0) is 36.8 Å². The van der Waals surface area contributed by atoms with Crippen LogP contribution < -0.4 is 10.6 Å². The van der Waals surface area contributed by atoms with Crippen LogP contribution in [-0.2, 0) is 11.2 Å². The Morgan fingerprint density at radius 2 is 2.16 bits per heavy atom. The van der Waals surface area contributed by atoms with Gasteiger partial charge in [-0.1, -0.05) is 31.0 Å². The monoisotopic (exact) mass is 258 g/mol. The first-order valence-corrected chi connectivity index (χ1v) is 7.42. The topological polar surface area (TPSA) is 41.1 Å². The second-order valence-electron chi connectivity index (χ2n) is 5.82. The molecular weight excluding hydrogens is 236 g/mol. The Labute approximate surface area is 114 Å². The van der Waals surface area contributed by atoms with Crippen molar-refractivity contribution in [2.75, 3.05) is 18.4 Å². The van der Waals surface area contributed by atoms with Crippen molar-refractivity contribution in [2.24, 2.45) is 11.8 Å². The van der Waals surface area contributed by atoms with E-state index in [1.165, 1.54) is 30.5 Å². The molecule has 1 fully saturated rings. The Morgan fingerprint density at radius 3 is 3.00 bits per heavy atom. The van der Waals surface area contributed by atoms with Gasteiger partial charge >= 0.3 is 0 Å². The fourth-order valence-electron chi connectivity index (χ4n) is 2.78. The lowest BCUT2D eigenvalue weighted by Crippen LogP contribution is -2.38. The number of anilines is 1. The van der Waals surface area contributed by atoms with E-state index in [9.17, 15) is 4.79 Å². The van der Waals surface area contributed by atoms with Crippen molar-refractivity contribution in [3.63, 3.8) is 0 Å². The van der Waals surface area contributed by atoms with Gasteiger partial charge in [0.25, 0.3) is 0 Å². The second kappa shape index (κ2) is 5.64. The summed E-state index contributed by atoms with van der Waals surface area (Å²) in [5.41, 5.74) is 2.44. The van der Waals surface area contributed by atoms with Crippen LogP contribution in [0, 0.1) is 11.8 Å². The molecule has 1 aliphatic carbocycles. The molecule has 2 N–H and O–H groups in total. The molecule has 1 amide bonds. The number of hydrogen-bond donors (Lipinski definition) is 2. The lowest BCUT2D eigenvalue weighted by Gasteiger charge is -2.25. The minimum Gasteiger partial charge on any atom is -0.384 e. The fraction of sp³-hybridized carbons (Fsp3) is 0.562. The molecule has 102 valence electrons. The van der Waals surface area contributed by atoms with Gasteiger partial charge in [-0.3, -0.25) is 4.79 Å². The smallest absolute Gasteiger partial charge is 0.225 e. The molecule has 0 spiro atoms. The van der Waals surface area contributed by atoms with E-state index in [2.05, 4.69) is 22.8 Å². The quantitative estimate of drug-likeness (QED) is 0.797. The van der Waals surface area contributed by atoms with Gasteiger partial charge in [-0.2, -0.15) is 0 Å². The summed E-state index contributed by atoms with van der Waals surface area (Å²) in [6.07, 6.45) is 6.07. The van der Waals surface area contributed by atoms with Crippen molar-refractivity contribution in [1.82, 2.24) is 5.32 Å². The van der Waals surface area contributed by atoms with E-state index < -0.39 is 0 Å². The number of benzene rings is 1. The lowest BCUT2D eigenvalue weighted by atomic mass is 9.93. The average molecular weight is 258 g/mol. The zero-order valence-electron chi connectivity index (χ0n) is 11.3. The average Bonchev–Trinajstić information content (AvgIpc) is 3.27. The maximum absolute atomic E-state index is 12.1. The van der Waals surface area contributed by atoms with Crippen LogP contribution in [0.25, 0.3) is 0 Å². The summed E-state index contributed by atoms with van der Waals surface area (Å²) in [5.74, 6) is 1.24. The highest BCUT2D eigenvalue weighted by Crippen LogP contribution is 2.33. The molecule has 0 aromatic heterocycles. The zero-order chi connectivity index (χ0) is 13.1.